The molecule has 28 heavy (non-hydrogen) atoms. The van der Waals surface area contributed by atoms with E-state index in [1.54, 1.807) is 6.07 Å². The summed E-state index contributed by atoms with van der Waals surface area (Å²) >= 11 is 4.82. The lowest BCUT2D eigenvalue weighted by molar-refractivity contribution is -0.117. The molecular weight excluding hydrogens is 440 g/mol. The molecule has 1 amide bonds. The smallest absolute Gasteiger partial charge is 0.267 e. The summed E-state index contributed by atoms with van der Waals surface area (Å²) in [7, 11) is 0. The van der Waals surface area contributed by atoms with Crippen molar-refractivity contribution < 1.29 is 4.79 Å². The second-order valence-electron chi connectivity index (χ2n) is 6.26. The Labute approximate surface area is 173 Å². The van der Waals surface area contributed by atoms with E-state index in [4.69, 9.17) is 0 Å². The van der Waals surface area contributed by atoms with E-state index >= 15 is 0 Å². The fraction of sp³-hybridized carbons (Fsp3) is 0.100. The number of aromatic nitrogens is 3. The number of anilines is 1. The van der Waals surface area contributed by atoms with Crippen LogP contribution in [0.25, 0.3) is 21.5 Å². The zero-order valence-electron chi connectivity index (χ0n) is 14.8. The monoisotopic (exact) mass is 454 g/mol. The van der Waals surface area contributed by atoms with E-state index in [-0.39, 0.29) is 18.0 Å². The van der Waals surface area contributed by atoms with Crippen LogP contribution < -0.4 is 10.9 Å². The van der Waals surface area contributed by atoms with Crippen molar-refractivity contribution in [3.8, 4) is 11.3 Å². The van der Waals surface area contributed by atoms with E-state index in [2.05, 4.69) is 31.3 Å². The van der Waals surface area contributed by atoms with Crippen LogP contribution in [-0.4, -0.2) is 20.7 Å². The molecule has 2 aromatic carbocycles. The minimum atomic E-state index is -0.350. The van der Waals surface area contributed by atoms with Crippen LogP contribution >= 0.6 is 27.3 Å². The molecule has 0 aliphatic heterocycles. The van der Waals surface area contributed by atoms with Crippen molar-refractivity contribution in [1.82, 2.24) is 14.8 Å². The van der Waals surface area contributed by atoms with Gasteiger partial charge < -0.3 is 5.32 Å². The fourth-order valence-electron chi connectivity index (χ4n) is 2.74. The van der Waals surface area contributed by atoms with Gasteiger partial charge in [-0.15, -0.1) is 0 Å². The molecule has 0 aliphatic carbocycles. The number of benzene rings is 2. The van der Waals surface area contributed by atoms with Gasteiger partial charge in [-0.2, -0.15) is 5.10 Å². The van der Waals surface area contributed by atoms with Crippen molar-refractivity contribution in [2.24, 2.45) is 0 Å². The van der Waals surface area contributed by atoms with Crippen molar-refractivity contribution in [3.05, 3.63) is 75.0 Å². The Bertz CT molecular complexity index is 1250. The van der Waals surface area contributed by atoms with Crippen LogP contribution in [-0.2, 0) is 11.3 Å². The van der Waals surface area contributed by atoms with Crippen LogP contribution in [0.1, 0.15) is 5.56 Å². The number of hydrogen-bond donors (Lipinski definition) is 1. The third-order valence-corrected chi connectivity index (χ3v) is 5.50. The van der Waals surface area contributed by atoms with E-state index in [1.165, 1.54) is 17.4 Å². The summed E-state index contributed by atoms with van der Waals surface area (Å²) in [6.45, 7) is 1.82. The summed E-state index contributed by atoms with van der Waals surface area (Å²) in [4.78, 5) is 29.0. The largest absolute Gasteiger partial charge is 0.300 e. The highest BCUT2D eigenvalue weighted by Crippen LogP contribution is 2.26. The molecule has 0 aliphatic rings. The normalized spacial score (nSPS) is 10.9. The van der Waals surface area contributed by atoms with Crippen LogP contribution in [0.5, 0.6) is 0 Å². The lowest BCUT2D eigenvalue weighted by atomic mass is 10.1. The predicted molar refractivity (Wildman–Crippen MR) is 115 cm³/mol. The molecule has 0 saturated heterocycles. The fourth-order valence-corrected chi connectivity index (χ4v) is 4.12. The average Bonchev–Trinajstić information content (AvgIpc) is 3.04. The third-order valence-electron chi connectivity index (χ3n) is 4.07. The van der Waals surface area contributed by atoms with Crippen molar-refractivity contribution in [2.75, 3.05) is 5.32 Å². The molecule has 0 bridgehead atoms. The SMILES string of the molecule is Cc1ccc2nc(NC(=O)Cn3nc(-c4cccc(Br)c4)ccc3=O)sc2c1. The number of halogens is 1. The minimum absolute atomic E-state index is 0.185. The van der Waals surface area contributed by atoms with E-state index < -0.39 is 0 Å². The Kier molecular flexibility index (Phi) is 5.06. The van der Waals surface area contributed by atoms with Gasteiger partial charge in [-0.1, -0.05) is 45.5 Å². The Morgan fingerprint density at radius 2 is 2.04 bits per heavy atom. The summed E-state index contributed by atoms with van der Waals surface area (Å²) in [6.07, 6.45) is 0. The molecule has 8 heteroatoms. The molecule has 4 rings (SSSR count). The first-order valence-electron chi connectivity index (χ1n) is 8.49. The van der Waals surface area contributed by atoms with Gasteiger partial charge in [-0.3, -0.25) is 9.59 Å². The van der Waals surface area contributed by atoms with E-state index in [9.17, 15) is 9.59 Å². The lowest BCUT2D eigenvalue weighted by Gasteiger charge is -2.07. The molecule has 140 valence electrons. The van der Waals surface area contributed by atoms with E-state index in [1.807, 2.05) is 49.4 Å². The van der Waals surface area contributed by atoms with Gasteiger partial charge >= 0.3 is 0 Å². The number of amides is 1. The predicted octanol–water partition coefficient (Wildman–Crippen LogP) is 4.23. The number of nitrogens with zero attached hydrogens (tertiary/aromatic N) is 3. The number of fused-ring (bicyclic) bond motifs is 1. The van der Waals surface area contributed by atoms with Gasteiger partial charge in [0.05, 0.1) is 15.9 Å². The Balaban J connectivity index is 1.55. The Hall–Kier alpha value is -2.84. The molecule has 0 spiro atoms. The highest BCUT2D eigenvalue weighted by molar-refractivity contribution is 9.10. The first-order chi connectivity index (χ1) is 13.5. The molecule has 0 radical (unpaired) electrons. The number of nitrogens with one attached hydrogen (secondary N) is 1. The molecule has 4 aromatic rings. The maximum Gasteiger partial charge on any atom is 0.267 e. The highest BCUT2D eigenvalue weighted by atomic mass is 79.9. The molecule has 1 N–H and O–H groups in total. The van der Waals surface area contributed by atoms with Crippen LogP contribution in [0.4, 0.5) is 5.13 Å². The van der Waals surface area contributed by atoms with Crippen molar-refractivity contribution in [1.29, 1.82) is 0 Å². The quantitative estimate of drug-likeness (QED) is 0.500. The maximum atomic E-state index is 12.4. The molecule has 6 nitrogen and oxygen atoms in total. The van der Waals surface area contributed by atoms with Crippen molar-refractivity contribution in [3.63, 3.8) is 0 Å². The Morgan fingerprint density at radius 3 is 2.86 bits per heavy atom. The van der Waals surface area contributed by atoms with Crippen molar-refractivity contribution in [2.45, 2.75) is 13.5 Å². The molecule has 2 aromatic heterocycles. The topological polar surface area (TPSA) is 76.9 Å². The van der Waals surface area contributed by atoms with Crippen LogP contribution in [0.2, 0.25) is 0 Å². The zero-order valence-corrected chi connectivity index (χ0v) is 17.3. The van der Waals surface area contributed by atoms with Gasteiger partial charge in [0.2, 0.25) is 5.91 Å². The lowest BCUT2D eigenvalue weighted by Crippen LogP contribution is -2.29. The summed E-state index contributed by atoms with van der Waals surface area (Å²) in [5, 5.41) is 7.58. The van der Waals surface area contributed by atoms with Gasteiger partial charge in [0.25, 0.3) is 5.56 Å². The summed E-state index contributed by atoms with van der Waals surface area (Å²) < 4.78 is 3.07. The molecule has 0 fully saturated rings. The first-order valence-corrected chi connectivity index (χ1v) is 10.1. The molecule has 0 saturated carbocycles. The number of hydrogen-bond acceptors (Lipinski definition) is 5. The summed E-state index contributed by atoms with van der Waals surface area (Å²) in [5.41, 5.74) is 3.09. The second kappa shape index (κ2) is 7.65. The van der Waals surface area contributed by atoms with Gasteiger partial charge in [-0.25, -0.2) is 9.67 Å². The molecule has 2 heterocycles. The number of carbonyl (C=O) groups excluding carboxylic acids is 1. The maximum absolute atomic E-state index is 12.4. The zero-order chi connectivity index (χ0) is 19.7. The van der Waals surface area contributed by atoms with Gasteiger partial charge in [0, 0.05) is 16.1 Å². The Morgan fingerprint density at radius 1 is 1.18 bits per heavy atom. The summed E-state index contributed by atoms with van der Waals surface area (Å²) in [5.74, 6) is -0.350. The minimum Gasteiger partial charge on any atom is -0.300 e. The molecule has 0 atom stereocenters. The third kappa shape index (κ3) is 4.02. The highest BCUT2D eigenvalue weighted by Gasteiger charge is 2.11. The number of carbonyl (C=O) groups is 1. The summed E-state index contributed by atoms with van der Waals surface area (Å²) in [6, 6.07) is 16.6. The molecular formula is C20H15BrN4O2S. The van der Waals surface area contributed by atoms with E-state index in [0.29, 0.717) is 10.8 Å². The average molecular weight is 455 g/mol. The number of thiazole rings is 1. The van der Waals surface area contributed by atoms with E-state index in [0.717, 1.165) is 30.5 Å². The van der Waals surface area contributed by atoms with Gasteiger partial charge in [-0.05, 0) is 42.8 Å². The van der Waals surface area contributed by atoms with Crippen LogP contribution in [0.3, 0.4) is 0 Å². The van der Waals surface area contributed by atoms with Gasteiger partial charge in [0.1, 0.15) is 6.54 Å². The number of aryl methyl sites for hydroxylation is 1. The number of rotatable bonds is 4. The first kappa shape index (κ1) is 18.5. The van der Waals surface area contributed by atoms with Gasteiger partial charge in [0.15, 0.2) is 5.13 Å². The molecule has 0 unspecified atom stereocenters. The van der Waals surface area contributed by atoms with Crippen LogP contribution in [0, 0.1) is 6.92 Å². The van der Waals surface area contributed by atoms with Crippen LogP contribution in [0.15, 0.2) is 63.9 Å². The standard InChI is InChI=1S/C20H15BrN4O2S/c1-12-5-6-16-17(9-12)28-20(22-16)23-18(26)11-25-19(27)8-7-15(24-25)13-3-2-4-14(21)10-13/h2-10H,11H2,1H3,(H,22,23,26). The van der Waals surface area contributed by atoms with Crippen molar-refractivity contribution >= 4 is 48.5 Å². The second-order valence-corrected chi connectivity index (χ2v) is 8.21.